The van der Waals surface area contributed by atoms with Crippen molar-refractivity contribution in [3.8, 4) is 16.8 Å². The number of rotatable bonds is 6. The highest BCUT2D eigenvalue weighted by molar-refractivity contribution is 5.96. The topological polar surface area (TPSA) is 75.4 Å². The molecule has 0 unspecified atom stereocenters. The summed E-state index contributed by atoms with van der Waals surface area (Å²) in [6, 6.07) is 12.3. The van der Waals surface area contributed by atoms with Crippen LogP contribution in [0.5, 0.6) is 0 Å². The van der Waals surface area contributed by atoms with E-state index in [1.54, 1.807) is 47.0 Å². The van der Waals surface area contributed by atoms with Gasteiger partial charge in [-0.1, -0.05) is 37.1 Å². The average Bonchev–Trinajstić information content (AvgIpc) is 3.32. The Balaban J connectivity index is 1.51. The molecule has 1 heterocycles. The molecule has 2 saturated carbocycles. The third kappa shape index (κ3) is 3.92. The van der Waals surface area contributed by atoms with E-state index < -0.39 is 11.8 Å². The van der Waals surface area contributed by atoms with Crippen molar-refractivity contribution in [2.24, 2.45) is 0 Å². The summed E-state index contributed by atoms with van der Waals surface area (Å²) in [6.45, 7) is 0. The molecule has 1 N–H and O–H groups in total. The second-order valence-corrected chi connectivity index (χ2v) is 9.01. The Kier molecular flexibility index (Phi) is 5.48. The van der Waals surface area contributed by atoms with Gasteiger partial charge in [-0.3, -0.25) is 4.79 Å². The minimum atomic E-state index is -0.997. The van der Waals surface area contributed by atoms with Crippen LogP contribution in [0.15, 0.2) is 48.7 Å². The largest absolute Gasteiger partial charge is 0.478 e. The third-order valence-corrected chi connectivity index (χ3v) is 6.82. The van der Waals surface area contributed by atoms with Crippen LogP contribution in [-0.4, -0.2) is 44.8 Å². The van der Waals surface area contributed by atoms with E-state index in [1.807, 2.05) is 6.07 Å². The van der Waals surface area contributed by atoms with Gasteiger partial charge in [-0.15, -0.1) is 0 Å². The first-order valence-electron chi connectivity index (χ1n) is 11.4. The van der Waals surface area contributed by atoms with Crippen LogP contribution in [0.1, 0.15) is 70.9 Å². The lowest BCUT2D eigenvalue weighted by Gasteiger charge is -2.25. The van der Waals surface area contributed by atoms with Crippen molar-refractivity contribution in [1.29, 1.82) is 0 Å². The number of carbonyl (C=O) groups excluding carboxylic acids is 1. The molecule has 0 bridgehead atoms. The number of aromatic carboxylic acids is 1. The van der Waals surface area contributed by atoms with Gasteiger partial charge in [0.25, 0.3) is 5.91 Å². The second kappa shape index (κ2) is 8.46. The molecule has 7 heteroatoms. The Bertz CT molecular complexity index is 1230. The molecule has 2 aliphatic rings. The maximum atomic E-state index is 15.6. The number of carboxylic acid groups (broad SMARTS) is 1. The maximum absolute atomic E-state index is 15.6. The lowest BCUT2D eigenvalue weighted by atomic mass is 10.0. The number of carbonyl (C=O) groups is 2. The summed E-state index contributed by atoms with van der Waals surface area (Å²) < 4.78 is 17.2. The van der Waals surface area contributed by atoms with E-state index in [-0.39, 0.29) is 29.0 Å². The van der Waals surface area contributed by atoms with Crippen LogP contribution in [0.4, 0.5) is 4.39 Å². The van der Waals surface area contributed by atoms with Crippen molar-refractivity contribution >= 4 is 11.9 Å². The number of amides is 1. The Labute approximate surface area is 191 Å². The van der Waals surface area contributed by atoms with Crippen LogP contribution < -0.4 is 0 Å². The summed E-state index contributed by atoms with van der Waals surface area (Å²) in [4.78, 5) is 26.3. The van der Waals surface area contributed by atoms with Crippen molar-refractivity contribution in [2.75, 3.05) is 7.05 Å². The van der Waals surface area contributed by atoms with Gasteiger partial charge in [0.1, 0.15) is 11.4 Å². The highest BCUT2D eigenvalue weighted by atomic mass is 19.1. The Morgan fingerprint density at radius 3 is 2.48 bits per heavy atom. The molecule has 170 valence electrons. The fraction of sp³-hybridized carbons (Fsp3) is 0.346. The van der Waals surface area contributed by atoms with Crippen molar-refractivity contribution < 1.29 is 19.1 Å². The molecule has 0 aliphatic heterocycles. The molecule has 0 atom stereocenters. The molecule has 1 amide bonds. The summed E-state index contributed by atoms with van der Waals surface area (Å²) in [6.07, 6.45) is 7.34. The number of nitrogens with zero attached hydrogens (tertiary/aromatic N) is 3. The molecule has 2 fully saturated rings. The van der Waals surface area contributed by atoms with Crippen LogP contribution >= 0.6 is 0 Å². The minimum absolute atomic E-state index is 0.0678. The van der Waals surface area contributed by atoms with Crippen LogP contribution in [0.3, 0.4) is 0 Å². The quantitative estimate of drug-likeness (QED) is 0.559. The van der Waals surface area contributed by atoms with Crippen LogP contribution in [0.2, 0.25) is 0 Å². The molecule has 2 aromatic carbocycles. The van der Waals surface area contributed by atoms with E-state index in [0.717, 1.165) is 38.5 Å². The van der Waals surface area contributed by atoms with Crippen molar-refractivity contribution in [3.05, 3.63) is 71.3 Å². The van der Waals surface area contributed by atoms with Crippen molar-refractivity contribution in [1.82, 2.24) is 14.7 Å². The van der Waals surface area contributed by atoms with Gasteiger partial charge in [-0.25, -0.2) is 13.9 Å². The molecular formula is C26H26FN3O3. The molecule has 5 rings (SSSR count). The first-order chi connectivity index (χ1) is 16.0. The lowest BCUT2D eigenvalue weighted by Crippen LogP contribution is -2.35. The van der Waals surface area contributed by atoms with Gasteiger partial charge in [0.2, 0.25) is 0 Å². The first-order valence-corrected chi connectivity index (χ1v) is 11.4. The number of halogens is 1. The average molecular weight is 448 g/mol. The number of benzene rings is 2. The van der Waals surface area contributed by atoms with Crippen molar-refractivity contribution in [3.63, 3.8) is 0 Å². The third-order valence-electron chi connectivity index (χ3n) is 6.82. The second-order valence-electron chi connectivity index (χ2n) is 9.01. The van der Waals surface area contributed by atoms with Gasteiger partial charge in [0.05, 0.1) is 23.1 Å². The SMILES string of the molecule is CN(C(=O)c1cccc(-c2cccc(-n3ncc(C(=O)O)c3C3CC3)c2)c1F)C1CCCC1. The molecule has 2 aliphatic carbocycles. The van der Waals surface area contributed by atoms with Crippen LogP contribution in [0.25, 0.3) is 16.8 Å². The van der Waals surface area contributed by atoms with Crippen LogP contribution in [0, 0.1) is 5.82 Å². The Hall–Kier alpha value is -3.48. The summed E-state index contributed by atoms with van der Waals surface area (Å²) in [5, 5.41) is 13.9. The fourth-order valence-corrected chi connectivity index (χ4v) is 4.85. The molecule has 0 spiro atoms. The molecule has 6 nitrogen and oxygen atoms in total. The highest BCUT2D eigenvalue weighted by Gasteiger charge is 2.33. The van der Waals surface area contributed by atoms with E-state index in [1.165, 1.54) is 12.3 Å². The first kappa shape index (κ1) is 21.4. The van der Waals surface area contributed by atoms with Gasteiger partial charge < -0.3 is 10.0 Å². The number of hydrogen-bond acceptors (Lipinski definition) is 3. The zero-order valence-electron chi connectivity index (χ0n) is 18.5. The Morgan fingerprint density at radius 2 is 1.79 bits per heavy atom. The molecule has 1 aromatic heterocycles. The standard InChI is InChI=1S/C26H26FN3O3/c1-29(18-7-2-3-8-18)25(31)21-11-5-10-20(23(21)27)17-6-4-9-19(14-17)30-24(16-12-13-16)22(15-28-30)26(32)33/h4-6,9-11,14-16,18H,2-3,7-8,12-13H2,1H3,(H,32,33). The number of carboxylic acids is 1. The van der Waals surface area contributed by atoms with Gasteiger partial charge >= 0.3 is 5.97 Å². The van der Waals surface area contributed by atoms with Crippen LogP contribution in [-0.2, 0) is 0 Å². The minimum Gasteiger partial charge on any atom is -0.478 e. The predicted octanol–water partition coefficient (Wildman–Crippen LogP) is 5.27. The van der Waals surface area contributed by atoms with Gasteiger partial charge in [0, 0.05) is 24.6 Å². The lowest BCUT2D eigenvalue weighted by molar-refractivity contribution is 0.0693. The van der Waals surface area contributed by atoms with E-state index in [2.05, 4.69) is 5.10 Å². The predicted molar refractivity (Wildman–Crippen MR) is 122 cm³/mol. The molecule has 0 radical (unpaired) electrons. The summed E-state index contributed by atoms with van der Waals surface area (Å²) >= 11 is 0. The summed E-state index contributed by atoms with van der Waals surface area (Å²) in [5.74, 6) is -1.67. The smallest absolute Gasteiger partial charge is 0.339 e. The van der Waals surface area contributed by atoms with Gasteiger partial charge in [-0.05, 0) is 49.4 Å². The molecular weight excluding hydrogens is 421 g/mol. The zero-order chi connectivity index (χ0) is 23.1. The monoisotopic (exact) mass is 447 g/mol. The summed E-state index contributed by atoms with van der Waals surface area (Å²) in [5.41, 5.74) is 2.57. The van der Waals surface area contributed by atoms with Gasteiger partial charge in [0.15, 0.2) is 0 Å². The maximum Gasteiger partial charge on any atom is 0.339 e. The number of hydrogen-bond donors (Lipinski definition) is 1. The number of aromatic nitrogens is 2. The van der Waals surface area contributed by atoms with Crippen molar-refractivity contribution in [2.45, 2.75) is 50.5 Å². The zero-order valence-corrected chi connectivity index (χ0v) is 18.5. The van der Waals surface area contributed by atoms with E-state index in [9.17, 15) is 14.7 Å². The van der Waals surface area contributed by atoms with E-state index in [0.29, 0.717) is 22.5 Å². The molecule has 3 aromatic rings. The molecule has 33 heavy (non-hydrogen) atoms. The fourth-order valence-electron chi connectivity index (χ4n) is 4.85. The van der Waals surface area contributed by atoms with E-state index in [4.69, 9.17) is 0 Å². The molecule has 0 saturated heterocycles. The highest BCUT2D eigenvalue weighted by Crippen LogP contribution is 2.42. The Morgan fingerprint density at radius 1 is 1.06 bits per heavy atom. The summed E-state index contributed by atoms with van der Waals surface area (Å²) in [7, 11) is 1.75. The normalized spacial score (nSPS) is 16.2. The van der Waals surface area contributed by atoms with Gasteiger partial charge in [-0.2, -0.15) is 5.10 Å². The van der Waals surface area contributed by atoms with E-state index >= 15 is 4.39 Å².